The van der Waals surface area contributed by atoms with Crippen LogP contribution in [0.5, 0.6) is 0 Å². The summed E-state index contributed by atoms with van der Waals surface area (Å²) >= 11 is 0. The maximum atomic E-state index is 12.0. The van der Waals surface area contributed by atoms with E-state index in [9.17, 15) is 9.59 Å². The van der Waals surface area contributed by atoms with E-state index in [0.717, 1.165) is 18.4 Å². The van der Waals surface area contributed by atoms with E-state index in [0.29, 0.717) is 30.1 Å². The van der Waals surface area contributed by atoms with Crippen LogP contribution in [0.2, 0.25) is 0 Å². The maximum Gasteiger partial charge on any atom is 0.337 e. The average Bonchev–Trinajstić information content (AvgIpc) is 2.47. The monoisotopic (exact) mass is 292 g/mol. The molecule has 1 aromatic carbocycles. The molecule has 21 heavy (non-hydrogen) atoms. The molecule has 0 radical (unpaired) electrons. The summed E-state index contributed by atoms with van der Waals surface area (Å²) in [6, 6.07) is 5.11. The SMILES string of the molecule is COC(=O)c1ccc(C)c(NC(=O)CCC(C)CCN)c1. The molecule has 0 spiro atoms. The lowest BCUT2D eigenvalue weighted by atomic mass is 10.0. The zero-order valence-electron chi connectivity index (χ0n) is 12.9. The van der Waals surface area contributed by atoms with Gasteiger partial charge in [-0.05, 0) is 49.9 Å². The second kappa shape index (κ2) is 8.42. The number of ether oxygens (including phenoxy) is 1. The Kier molecular flexibility index (Phi) is 6.88. The van der Waals surface area contributed by atoms with E-state index in [1.807, 2.05) is 6.92 Å². The number of nitrogens with one attached hydrogen (secondary N) is 1. The van der Waals surface area contributed by atoms with Crippen LogP contribution in [-0.2, 0) is 9.53 Å². The minimum atomic E-state index is -0.415. The predicted molar refractivity (Wildman–Crippen MR) is 83.2 cm³/mol. The molecule has 1 atom stereocenters. The Balaban J connectivity index is 2.65. The van der Waals surface area contributed by atoms with Gasteiger partial charge in [0.15, 0.2) is 0 Å². The van der Waals surface area contributed by atoms with Crippen molar-refractivity contribution in [1.82, 2.24) is 0 Å². The Hall–Kier alpha value is -1.88. The van der Waals surface area contributed by atoms with E-state index in [2.05, 4.69) is 17.0 Å². The first-order valence-corrected chi connectivity index (χ1v) is 7.16. The Morgan fingerprint density at radius 3 is 2.67 bits per heavy atom. The normalized spacial score (nSPS) is 11.8. The minimum absolute atomic E-state index is 0.0519. The number of benzene rings is 1. The van der Waals surface area contributed by atoms with Gasteiger partial charge in [-0.2, -0.15) is 0 Å². The number of methoxy groups -OCH3 is 1. The summed E-state index contributed by atoms with van der Waals surface area (Å²) < 4.78 is 4.68. The van der Waals surface area contributed by atoms with Gasteiger partial charge >= 0.3 is 5.97 Å². The molecule has 0 aliphatic carbocycles. The van der Waals surface area contributed by atoms with E-state index in [-0.39, 0.29) is 5.91 Å². The summed E-state index contributed by atoms with van der Waals surface area (Å²) in [6.07, 6.45) is 2.17. The van der Waals surface area contributed by atoms with Crippen LogP contribution in [-0.4, -0.2) is 25.5 Å². The Bertz CT molecular complexity index is 500. The third kappa shape index (κ3) is 5.55. The van der Waals surface area contributed by atoms with Crippen molar-refractivity contribution in [3.8, 4) is 0 Å². The van der Waals surface area contributed by atoms with Gasteiger partial charge in [0.05, 0.1) is 12.7 Å². The van der Waals surface area contributed by atoms with Gasteiger partial charge in [0.1, 0.15) is 0 Å². The van der Waals surface area contributed by atoms with E-state index in [1.54, 1.807) is 18.2 Å². The van der Waals surface area contributed by atoms with E-state index < -0.39 is 5.97 Å². The molecule has 1 amide bonds. The fourth-order valence-corrected chi connectivity index (χ4v) is 2.02. The number of esters is 1. The number of rotatable bonds is 7. The van der Waals surface area contributed by atoms with Crippen molar-refractivity contribution in [2.45, 2.75) is 33.1 Å². The van der Waals surface area contributed by atoms with Crippen molar-refractivity contribution < 1.29 is 14.3 Å². The first-order chi connectivity index (χ1) is 9.97. The first-order valence-electron chi connectivity index (χ1n) is 7.16. The smallest absolute Gasteiger partial charge is 0.337 e. The largest absolute Gasteiger partial charge is 0.465 e. The molecule has 5 nitrogen and oxygen atoms in total. The van der Waals surface area contributed by atoms with Crippen molar-refractivity contribution in [2.24, 2.45) is 11.7 Å². The third-order valence-corrected chi connectivity index (χ3v) is 3.46. The molecule has 0 aliphatic rings. The van der Waals surface area contributed by atoms with E-state index in [1.165, 1.54) is 7.11 Å². The fourth-order valence-electron chi connectivity index (χ4n) is 2.02. The van der Waals surface area contributed by atoms with Crippen LogP contribution in [0.1, 0.15) is 42.1 Å². The summed E-state index contributed by atoms with van der Waals surface area (Å²) in [5, 5.41) is 2.85. The number of carbonyl (C=O) groups is 2. The molecule has 3 N–H and O–H groups in total. The highest BCUT2D eigenvalue weighted by Gasteiger charge is 2.11. The lowest BCUT2D eigenvalue weighted by Crippen LogP contribution is -2.15. The van der Waals surface area contributed by atoms with Crippen LogP contribution in [0.4, 0.5) is 5.69 Å². The fraction of sp³-hybridized carbons (Fsp3) is 0.500. The number of carbonyl (C=O) groups excluding carboxylic acids is 2. The molecule has 0 aromatic heterocycles. The second-order valence-electron chi connectivity index (χ2n) is 5.29. The predicted octanol–water partition coefficient (Wildman–Crippen LogP) is 2.49. The van der Waals surface area contributed by atoms with Crippen LogP contribution in [0, 0.1) is 12.8 Å². The molecule has 0 saturated carbocycles. The number of hydrogen-bond donors (Lipinski definition) is 2. The van der Waals surface area contributed by atoms with Crippen LogP contribution >= 0.6 is 0 Å². The zero-order chi connectivity index (χ0) is 15.8. The molecule has 1 aromatic rings. The Morgan fingerprint density at radius 2 is 2.05 bits per heavy atom. The first kappa shape index (κ1) is 17.2. The Labute approximate surface area is 125 Å². The number of hydrogen-bond acceptors (Lipinski definition) is 4. The number of aryl methyl sites for hydroxylation is 1. The average molecular weight is 292 g/mol. The highest BCUT2D eigenvalue weighted by atomic mass is 16.5. The van der Waals surface area contributed by atoms with Crippen LogP contribution in [0.15, 0.2) is 18.2 Å². The van der Waals surface area contributed by atoms with Crippen LogP contribution < -0.4 is 11.1 Å². The van der Waals surface area contributed by atoms with E-state index in [4.69, 9.17) is 5.73 Å². The number of anilines is 1. The summed E-state index contributed by atoms with van der Waals surface area (Å²) in [5.41, 5.74) is 7.47. The molecule has 5 heteroatoms. The summed E-state index contributed by atoms with van der Waals surface area (Å²) in [5.74, 6) is -0.0331. The molecule has 0 saturated heterocycles. The highest BCUT2D eigenvalue weighted by molar-refractivity contribution is 5.95. The highest BCUT2D eigenvalue weighted by Crippen LogP contribution is 2.18. The lowest BCUT2D eigenvalue weighted by Gasteiger charge is -2.12. The van der Waals surface area contributed by atoms with Crippen LogP contribution in [0.25, 0.3) is 0 Å². The van der Waals surface area contributed by atoms with Gasteiger partial charge in [0, 0.05) is 12.1 Å². The van der Waals surface area contributed by atoms with Gasteiger partial charge in [0.2, 0.25) is 5.91 Å². The van der Waals surface area contributed by atoms with Gasteiger partial charge in [-0.25, -0.2) is 4.79 Å². The molecule has 0 bridgehead atoms. The molecule has 0 fully saturated rings. The molecule has 0 heterocycles. The minimum Gasteiger partial charge on any atom is -0.465 e. The summed E-state index contributed by atoms with van der Waals surface area (Å²) in [7, 11) is 1.33. The molecule has 1 unspecified atom stereocenters. The van der Waals surface area contributed by atoms with Gasteiger partial charge < -0.3 is 15.8 Å². The third-order valence-electron chi connectivity index (χ3n) is 3.46. The van der Waals surface area contributed by atoms with Gasteiger partial charge in [-0.1, -0.05) is 13.0 Å². The van der Waals surface area contributed by atoms with Crippen molar-refractivity contribution >= 4 is 17.6 Å². The summed E-state index contributed by atoms with van der Waals surface area (Å²) in [6.45, 7) is 4.61. The number of amides is 1. The standard InChI is InChI=1S/C16H24N2O3/c1-11(8-9-17)4-7-15(19)18-14-10-13(16(20)21-3)6-5-12(14)2/h5-6,10-11H,4,7-9,17H2,1-3H3,(H,18,19). The van der Waals surface area contributed by atoms with Gasteiger partial charge in [0.25, 0.3) is 0 Å². The molecule has 1 rings (SSSR count). The van der Waals surface area contributed by atoms with Crippen LogP contribution in [0.3, 0.4) is 0 Å². The lowest BCUT2D eigenvalue weighted by molar-refractivity contribution is -0.116. The van der Waals surface area contributed by atoms with Gasteiger partial charge in [-0.15, -0.1) is 0 Å². The second-order valence-corrected chi connectivity index (χ2v) is 5.29. The van der Waals surface area contributed by atoms with Gasteiger partial charge in [-0.3, -0.25) is 4.79 Å². The van der Waals surface area contributed by atoms with Crippen molar-refractivity contribution in [1.29, 1.82) is 0 Å². The zero-order valence-corrected chi connectivity index (χ0v) is 12.9. The van der Waals surface area contributed by atoms with Crippen molar-refractivity contribution in [3.63, 3.8) is 0 Å². The summed E-state index contributed by atoms with van der Waals surface area (Å²) in [4.78, 5) is 23.5. The number of nitrogens with two attached hydrogens (primary N) is 1. The molecular weight excluding hydrogens is 268 g/mol. The molecular formula is C16H24N2O3. The van der Waals surface area contributed by atoms with Crippen molar-refractivity contribution in [2.75, 3.05) is 19.0 Å². The quantitative estimate of drug-likeness (QED) is 0.756. The van der Waals surface area contributed by atoms with E-state index >= 15 is 0 Å². The maximum absolute atomic E-state index is 12.0. The van der Waals surface area contributed by atoms with Crippen molar-refractivity contribution in [3.05, 3.63) is 29.3 Å². The topological polar surface area (TPSA) is 81.4 Å². The Morgan fingerprint density at radius 1 is 1.33 bits per heavy atom. The molecule has 116 valence electrons. The molecule has 0 aliphatic heterocycles.